The Hall–Kier alpha value is -3.43. The van der Waals surface area contributed by atoms with E-state index in [4.69, 9.17) is 9.47 Å². The molecule has 0 saturated carbocycles. The Morgan fingerprint density at radius 3 is 2.44 bits per heavy atom. The number of rotatable bonds is 6. The molecule has 1 aliphatic heterocycles. The van der Waals surface area contributed by atoms with Crippen LogP contribution in [0.15, 0.2) is 76.1 Å². The number of imide groups is 1. The first kappa shape index (κ1) is 23.7. The van der Waals surface area contributed by atoms with Gasteiger partial charge in [-0.25, -0.2) is 9.18 Å². The topological polar surface area (TPSA) is 72.9 Å². The fraction of sp³-hybridized carbons (Fsp3) is 0.0800. The molecular formula is C25H17BrFNO5S. The normalized spacial score (nSPS) is 14.6. The summed E-state index contributed by atoms with van der Waals surface area (Å²) in [5.41, 5.74) is 1.40. The first-order valence-electron chi connectivity index (χ1n) is 9.99. The van der Waals surface area contributed by atoms with Gasteiger partial charge in [0.2, 0.25) is 0 Å². The van der Waals surface area contributed by atoms with Gasteiger partial charge in [0.15, 0.2) is 0 Å². The van der Waals surface area contributed by atoms with Crippen molar-refractivity contribution in [1.29, 1.82) is 0 Å². The monoisotopic (exact) mass is 541 g/mol. The number of carbonyl (C=O) groups is 3. The minimum atomic E-state index is -0.580. The molecule has 2 amide bonds. The van der Waals surface area contributed by atoms with Crippen molar-refractivity contribution in [1.82, 2.24) is 4.90 Å². The van der Waals surface area contributed by atoms with E-state index in [1.54, 1.807) is 42.5 Å². The molecule has 0 bridgehead atoms. The molecule has 1 aliphatic rings. The summed E-state index contributed by atoms with van der Waals surface area (Å²) in [4.78, 5) is 39.3. The van der Waals surface area contributed by atoms with Crippen LogP contribution in [0.4, 0.5) is 9.18 Å². The number of carbonyl (C=O) groups excluding carboxylic acids is 3. The molecule has 3 aromatic rings. The molecule has 0 aliphatic carbocycles. The number of ether oxygens (including phenoxy) is 2. The molecule has 3 aromatic carbocycles. The van der Waals surface area contributed by atoms with Crippen molar-refractivity contribution in [2.45, 2.75) is 6.54 Å². The van der Waals surface area contributed by atoms with Gasteiger partial charge in [-0.1, -0.05) is 28.1 Å². The lowest BCUT2D eigenvalue weighted by Gasteiger charge is -2.12. The van der Waals surface area contributed by atoms with E-state index in [2.05, 4.69) is 15.9 Å². The first-order chi connectivity index (χ1) is 16.3. The fourth-order valence-corrected chi connectivity index (χ4v) is 4.37. The third-order valence-corrected chi connectivity index (χ3v) is 6.31. The molecule has 0 spiro atoms. The Morgan fingerprint density at radius 1 is 1.06 bits per heavy atom. The van der Waals surface area contributed by atoms with Crippen molar-refractivity contribution < 1.29 is 28.2 Å². The van der Waals surface area contributed by atoms with Gasteiger partial charge in [0.1, 0.15) is 17.3 Å². The average molecular weight is 542 g/mol. The highest BCUT2D eigenvalue weighted by molar-refractivity contribution is 9.10. The lowest BCUT2D eigenvalue weighted by Crippen LogP contribution is -2.27. The average Bonchev–Trinajstić information content (AvgIpc) is 3.09. The number of amides is 2. The lowest BCUT2D eigenvalue weighted by molar-refractivity contribution is -0.123. The number of hydrogen-bond acceptors (Lipinski definition) is 6. The van der Waals surface area contributed by atoms with E-state index in [1.807, 2.05) is 0 Å². The third kappa shape index (κ3) is 5.37. The maximum Gasteiger partial charge on any atom is 0.343 e. The fourth-order valence-electron chi connectivity index (χ4n) is 3.16. The number of nitrogens with zero attached hydrogens (tertiary/aromatic N) is 1. The van der Waals surface area contributed by atoms with Crippen LogP contribution in [-0.2, 0) is 11.3 Å². The van der Waals surface area contributed by atoms with Gasteiger partial charge in [0.05, 0.1) is 24.1 Å². The Bertz CT molecular complexity index is 1290. The minimum absolute atomic E-state index is 0.0279. The van der Waals surface area contributed by atoms with Crippen LogP contribution < -0.4 is 9.47 Å². The predicted molar refractivity (Wildman–Crippen MR) is 130 cm³/mol. The van der Waals surface area contributed by atoms with Gasteiger partial charge in [0, 0.05) is 10.0 Å². The quantitative estimate of drug-likeness (QED) is 0.215. The Morgan fingerprint density at radius 2 is 1.76 bits per heavy atom. The van der Waals surface area contributed by atoms with Crippen molar-refractivity contribution in [3.05, 3.63) is 98.6 Å². The summed E-state index contributed by atoms with van der Waals surface area (Å²) in [6, 6.07) is 17.0. The molecule has 172 valence electrons. The summed E-state index contributed by atoms with van der Waals surface area (Å²) in [6.07, 6.45) is 1.51. The van der Waals surface area contributed by atoms with E-state index in [0.29, 0.717) is 26.9 Å². The van der Waals surface area contributed by atoms with Crippen LogP contribution in [0.1, 0.15) is 21.5 Å². The zero-order chi connectivity index (χ0) is 24.2. The molecule has 0 aromatic heterocycles. The third-order valence-electron chi connectivity index (χ3n) is 4.91. The van der Waals surface area contributed by atoms with Crippen molar-refractivity contribution in [2.24, 2.45) is 0 Å². The zero-order valence-electron chi connectivity index (χ0n) is 17.8. The summed E-state index contributed by atoms with van der Waals surface area (Å²) in [5, 5.41) is -0.438. The second-order valence-corrected chi connectivity index (χ2v) is 9.10. The maximum absolute atomic E-state index is 13.2. The SMILES string of the molecule is COc1ccc(C(=O)Oc2ccc(Br)cc2/C=C2\SC(=O)N(Cc3ccc(F)cc3)C2=O)cc1. The van der Waals surface area contributed by atoms with Crippen LogP contribution in [-0.4, -0.2) is 29.1 Å². The van der Waals surface area contributed by atoms with Gasteiger partial charge in [-0.15, -0.1) is 0 Å². The molecule has 1 fully saturated rings. The second-order valence-electron chi connectivity index (χ2n) is 7.19. The van der Waals surface area contributed by atoms with E-state index in [9.17, 15) is 18.8 Å². The van der Waals surface area contributed by atoms with Crippen LogP contribution in [0, 0.1) is 5.82 Å². The van der Waals surface area contributed by atoms with Crippen LogP contribution in [0.5, 0.6) is 11.5 Å². The van der Waals surface area contributed by atoms with Crippen LogP contribution in [0.3, 0.4) is 0 Å². The van der Waals surface area contributed by atoms with Crippen LogP contribution >= 0.6 is 27.7 Å². The van der Waals surface area contributed by atoms with Crippen molar-refractivity contribution in [3.63, 3.8) is 0 Å². The number of benzene rings is 3. The molecular weight excluding hydrogens is 525 g/mol. The van der Waals surface area contributed by atoms with Crippen LogP contribution in [0.25, 0.3) is 6.08 Å². The number of thioether (sulfide) groups is 1. The van der Waals surface area contributed by atoms with Gasteiger partial charge in [-0.05, 0) is 78.0 Å². The van der Waals surface area contributed by atoms with E-state index >= 15 is 0 Å². The molecule has 0 atom stereocenters. The molecule has 0 N–H and O–H groups in total. The van der Waals surface area contributed by atoms with Gasteiger partial charge in [0.25, 0.3) is 11.1 Å². The summed E-state index contributed by atoms with van der Waals surface area (Å²) in [5.74, 6) is -0.619. The summed E-state index contributed by atoms with van der Waals surface area (Å²) in [7, 11) is 1.53. The minimum Gasteiger partial charge on any atom is -0.497 e. The highest BCUT2D eigenvalue weighted by atomic mass is 79.9. The highest BCUT2D eigenvalue weighted by Gasteiger charge is 2.35. The molecule has 6 nitrogen and oxygen atoms in total. The maximum atomic E-state index is 13.2. The summed E-state index contributed by atoms with van der Waals surface area (Å²) in [6.45, 7) is 0.0279. The van der Waals surface area contributed by atoms with Crippen molar-refractivity contribution in [3.8, 4) is 11.5 Å². The van der Waals surface area contributed by atoms with Crippen molar-refractivity contribution in [2.75, 3.05) is 7.11 Å². The van der Waals surface area contributed by atoms with E-state index in [1.165, 1.54) is 37.5 Å². The Kier molecular flexibility index (Phi) is 7.14. The first-order valence-corrected chi connectivity index (χ1v) is 11.6. The number of hydrogen-bond donors (Lipinski definition) is 0. The number of halogens is 2. The zero-order valence-corrected chi connectivity index (χ0v) is 20.2. The van der Waals surface area contributed by atoms with Gasteiger partial charge < -0.3 is 9.47 Å². The molecule has 9 heteroatoms. The van der Waals surface area contributed by atoms with Crippen LogP contribution in [0.2, 0.25) is 0 Å². The number of methoxy groups -OCH3 is 1. The van der Waals surface area contributed by atoms with E-state index in [0.717, 1.165) is 16.7 Å². The lowest BCUT2D eigenvalue weighted by atomic mass is 10.1. The van der Waals surface area contributed by atoms with Crippen molar-refractivity contribution >= 4 is 50.9 Å². The number of esters is 1. The molecule has 0 unspecified atom stereocenters. The molecule has 0 radical (unpaired) electrons. The summed E-state index contributed by atoms with van der Waals surface area (Å²) < 4.78 is 24.5. The molecule has 34 heavy (non-hydrogen) atoms. The van der Waals surface area contributed by atoms with E-state index in [-0.39, 0.29) is 17.2 Å². The van der Waals surface area contributed by atoms with Gasteiger partial charge >= 0.3 is 5.97 Å². The Labute approximate surface area is 207 Å². The molecule has 4 rings (SSSR count). The Balaban J connectivity index is 1.56. The van der Waals surface area contributed by atoms with E-state index < -0.39 is 22.9 Å². The second kappa shape index (κ2) is 10.2. The standard InChI is InChI=1S/C25H17BrFNO5S/c1-32-20-9-4-16(5-10-20)24(30)33-21-11-6-18(26)12-17(21)13-22-23(29)28(25(31)34-22)14-15-2-7-19(27)8-3-15/h2-13H,14H2,1H3/b22-13-. The molecule has 1 heterocycles. The summed E-state index contributed by atoms with van der Waals surface area (Å²) >= 11 is 4.17. The highest BCUT2D eigenvalue weighted by Crippen LogP contribution is 2.36. The smallest absolute Gasteiger partial charge is 0.343 e. The van der Waals surface area contributed by atoms with Gasteiger partial charge in [-0.2, -0.15) is 0 Å². The largest absolute Gasteiger partial charge is 0.497 e. The molecule has 1 saturated heterocycles. The predicted octanol–water partition coefficient (Wildman–Crippen LogP) is 6.05. The van der Waals surface area contributed by atoms with Gasteiger partial charge in [-0.3, -0.25) is 14.5 Å².